The lowest BCUT2D eigenvalue weighted by atomic mass is 9.90. The Morgan fingerprint density at radius 3 is 2.35 bits per heavy atom. The van der Waals surface area contributed by atoms with Gasteiger partial charge in [-0.15, -0.1) is 0 Å². The van der Waals surface area contributed by atoms with Gasteiger partial charge in [-0.2, -0.15) is 0 Å². The van der Waals surface area contributed by atoms with Gasteiger partial charge in [0.05, 0.1) is 11.5 Å². The van der Waals surface area contributed by atoms with Gasteiger partial charge in [0.2, 0.25) is 0 Å². The van der Waals surface area contributed by atoms with Crippen molar-refractivity contribution in [3.05, 3.63) is 23.0 Å². The summed E-state index contributed by atoms with van der Waals surface area (Å²) >= 11 is 0. The highest BCUT2D eigenvalue weighted by atomic mass is 16.4. The van der Waals surface area contributed by atoms with Crippen molar-refractivity contribution < 1.29 is 14.7 Å². The average Bonchev–Trinajstić information content (AvgIpc) is 3.25. The number of carboxylic acids is 1. The van der Waals surface area contributed by atoms with Crippen LogP contribution in [-0.2, 0) is 4.79 Å². The zero-order valence-corrected chi connectivity index (χ0v) is 16.0. The average molecular weight is 358 g/mol. The molecule has 1 aromatic heterocycles. The normalized spacial score (nSPS) is 25.5. The van der Waals surface area contributed by atoms with Crippen LogP contribution in [0.1, 0.15) is 79.2 Å². The molecule has 2 saturated carbocycles. The second-order valence-corrected chi connectivity index (χ2v) is 8.70. The molecule has 1 aliphatic heterocycles. The minimum absolute atomic E-state index is 0.0262. The van der Waals surface area contributed by atoms with Crippen LogP contribution in [0.15, 0.2) is 6.07 Å². The molecule has 1 unspecified atom stereocenters. The third-order valence-electron chi connectivity index (χ3n) is 7.19. The standard InChI is InChI=1S/C21H30N2O3/c1-14-12-17(15(2)23(14)16-6-4-3-5-7-16)19(24)22-10-8-21(9-11-22)13-18(21)20(25)26/h12,16,18H,3-11,13H2,1-2H3,(H,25,26). The molecule has 3 fully saturated rings. The van der Waals surface area contributed by atoms with E-state index in [0.717, 1.165) is 30.5 Å². The van der Waals surface area contributed by atoms with Crippen LogP contribution in [0.5, 0.6) is 0 Å². The van der Waals surface area contributed by atoms with Crippen molar-refractivity contribution in [2.75, 3.05) is 13.1 Å². The molecule has 26 heavy (non-hydrogen) atoms. The lowest BCUT2D eigenvalue weighted by molar-refractivity contribution is -0.139. The van der Waals surface area contributed by atoms with Gasteiger partial charge in [0.15, 0.2) is 0 Å². The van der Waals surface area contributed by atoms with E-state index < -0.39 is 5.97 Å². The van der Waals surface area contributed by atoms with E-state index in [2.05, 4.69) is 24.5 Å². The second-order valence-electron chi connectivity index (χ2n) is 8.70. The van der Waals surface area contributed by atoms with E-state index in [9.17, 15) is 14.7 Å². The number of amides is 1. The third kappa shape index (κ3) is 2.85. The van der Waals surface area contributed by atoms with Gasteiger partial charge in [-0.1, -0.05) is 19.3 Å². The van der Waals surface area contributed by atoms with E-state index in [1.807, 2.05) is 4.90 Å². The lowest BCUT2D eigenvalue weighted by Crippen LogP contribution is -2.40. The number of aromatic nitrogens is 1. The molecule has 0 bridgehead atoms. The van der Waals surface area contributed by atoms with Crippen LogP contribution in [0.25, 0.3) is 0 Å². The SMILES string of the molecule is Cc1cc(C(=O)N2CCC3(CC2)CC3C(=O)O)c(C)n1C1CCCCC1. The molecule has 1 N–H and O–H groups in total. The van der Waals surface area contributed by atoms with Crippen molar-refractivity contribution >= 4 is 11.9 Å². The number of carbonyl (C=O) groups excluding carboxylic acids is 1. The zero-order chi connectivity index (χ0) is 18.5. The maximum absolute atomic E-state index is 13.1. The minimum Gasteiger partial charge on any atom is -0.481 e. The van der Waals surface area contributed by atoms with E-state index in [-0.39, 0.29) is 17.2 Å². The quantitative estimate of drug-likeness (QED) is 0.890. The first kappa shape index (κ1) is 17.6. The Hall–Kier alpha value is -1.78. The Bertz CT molecular complexity index is 722. The molecule has 2 aliphatic carbocycles. The fourth-order valence-electron chi connectivity index (χ4n) is 5.47. The number of carbonyl (C=O) groups is 2. The molecule has 0 aromatic carbocycles. The number of aryl methyl sites for hydroxylation is 1. The minimum atomic E-state index is -0.666. The predicted octanol–water partition coefficient (Wildman–Crippen LogP) is 3.94. The van der Waals surface area contributed by atoms with Crippen LogP contribution in [0.2, 0.25) is 0 Å². The summed E-state index contributed by atoms with van der Waals surface area (Å²) in [7, 11) is 0. The number of hydrogen-bond acceptors (Lipinski definition) is 2. The molecule has 4 rings (SSSR count). The highest BCUT2D eigenvalue weighted by Gasteiger charge is 2.59. The Labute approximate surface area is 155 Å². The molecular formula is C21H30N2O3. The summed E-state index contributed by atoms with van der Waals surface area (Å²) in [6, 6.07) is 2.60. The van der Waals surface area contributed by atoms with Gasteiger partial charge in [0, 0.05) is 30.5 Å². The number of nitrogens with zero attached hydrogens (tertiary/aromatic N) is 2. The van der Waals surface area contributed by atoms with E-state index in [1.165, 1.54) is 37.8 Å². The van der Waals surface area contributed by atoms with Gasteiger partial charge >= 0.3 is 5.97 Å². The second kappa shape index (κ2) is 6.43. The van der Waals surface area contributed by atoms with Gasteiger partial charge in [-0.05, 0) is 57.4 Å². The van der Waals surface area contributed by atoms with Crippen LogP contribution in [0.3, 0.4) is 0 Å². The molecule has 0 radical (unpaired) electrons. The third-order valence-corrected chi connectivity index (χ3v) is 7.19. The van der Waals surface area contributed by atoms with Gasteiger partial charge in [0.1, 0.15) is 0 Å². The van der Waals surface area contributed by atoms with Crippen LogP contribution >= 0.6 is 0 Å². The molecule has 1 saturated heterocycles. The van der Waals surface area contributed by atoms with Crippen molar-refractivity contribution in [3.8, 4) is 0 Å². The molecular weight excluding hydrogens is 328 g/mol. The maximum atomic E-state index is 13.1. The molecule has 3 aliphatic rings. The Morgan fingerprint density at radius 1 is 1.12 bits per heavy atom. The van der Waals surface area contributed by atoms with Crippen LogP contribution in [0, 0.1) is 25.2 Å². The van der Waals surface area contributed by atoms with Gasteiger partial charge in [-0.3, -0.25) is 9.59 Å². The number of rotatable bonds is 3. The van der Waals surface area contributed by atoms with Crippen molar-refractivity contribution in [1.29, 1.82) is 0 Å². The van der Waals surface area contributed by atoms with Crippen molar-refractivity contribution in [2.24, 2.45) is 11.3 Å². The smallest absolute Gasteiger partial charge is 0.307 e. The Morgan fingerprint density at radius 2 is 1.77 bits per heavy atom. The monoisotopic (exact) mass is 358 g/mol. The molecule has 2 heterocycles. The predicted molar refractivity (Wildman–Crippen MR) is 99.3 cm³/mol. The molecule has 5 nitrogen and oxygen atoms in total. The first-order valence-electron chi connectivity index (χ1n) is 10.1. The van der Waals surface area contributed by atoms with Crippen LogP contribution in [0.4, 0.5) is 0 Å². The first-order chi connectivity index (χ1) is 12.4. The zero-order valence-electron chi connectivity index (χ0n) is 16.0. The highest BCUT2D eigenvalue weighted by Crippen LogP contribution is 2.59. The van der Waals surface area contributed by atoms with Crippen molar-refractivity contribution in [2.45, 2.75) is 71.3 Å². The molecule has 1 amide bonds. The number of aliphatic carboxylic acids is 1. The van der Waals surface area contributed by atoms with Gasteiger partial charge < -0.3 is 14.6 Å². The summed E-state index contributed by atoms with van der Waals surface area (Å²) in [5.41, 5.74) is 3.12. The van der Waals surface area contributed by atoms with E-state index in [0.29, 0.717) is 19.1 Å². The summed E-state index contributed by atoms with van der Waals surface area (Å²) < 4.78 is 2.39. The Balaban J connectivity index is 1.47. The molecule has 1 aromatic rings. The summed E-state index contributed by atoms with van der Waals surface area (Å²) in [6.07, 6.45) is 8.77. The Kier molecular flexibility index (Phi) is 4.36. The number of hydrogen-bond donors (Lipinski definition) is 1. The van der Waals surface area contributed by atoms with Crippen LogP contribution < -0.4 is 0 Å². The molecule has 142 valence electrons. The lowest BCUT2D eigenvalue weighted by Gasteiger charge is -2.33. The van der Waals surface area contributed by atoms with E-state index in [4.69, 9.17) is 0 Å². The molecule has 1 atom stereocenters. The van der Waals surface area contributed by atoms with Gasteiger partial charge in [0.25, 0.3) is 5.91 Å². The summed E-state index contributed by atoms with van der Waals surface area (Å²) in [6.45, 7) is 5.58. The fraction of sp³-hybridized carbons (Fsp3) is 0.714. The van der Waals surface area contributed by atoms with E-state index in [1.54, 1.807) is 0 Å². The van der Waals surface area contributed by atoms with Crippen molar-refractivity contribution in [1.82, 2.24) is 9.47 Å². The summed E-state index contributed by atoms with van der Waals surface area (Å²) in [5.74, 6) is -0.723. The fourth-order valence-corrected chi connectivity index (χ4v) is 5.47. The van der Waals surface area contributed by atoms with Crippen LogP contribution in [-0.4, -0.2) is 39.5 Å². The number of carboxylic acid groups (broad SMARTS) is 1. The number of likely N-dealkylation sites (tertiary alicyclic amines) is 1. The maximum Gasteiger partial charge on any atom is 0.307 e. The topological polar surface area (TPSA) is 62.5 Å². The van der Waals surface area contributed by atoms with Crippen molar-refractivity contribution in [3.63, 3.8) is 0 Å². The summed E-state index contributed by atoms with van der Waals surface area (Å²) in [5, 5.41) is 9.23. The number of piperidine rings is 1. The highest BCUT2D eigenvalue weighted by molar-refractivity contribution is 5.96. The largest absolute Gasteiger partial charge is 0.481 e. The first-order valence-corrected chi connectivity index (χ1v) is 10.1. The van der Waals surface area contributed by atoms with E-state index >= 15 is 0 Å². The molecule has 5 heteroatoms. The summed E-state index contributed by atoms with van der Waals surface area (Å²) in [4.78, 5) is 26.3. The van der Waals surface area contributed by atoms with Gasteiger partial charge in [-0.25, -0.2) is 0 Å². The molecule has 1 spiro atoms.